The molecule has 0 aromatic heterocycles. The first-order chi connectivity index (χ1) is 11.1. The van der Waals surface area contributed by atoms with E-state index in [1.807, 2.05) is 12.1 Å². The third-order valence-electron chi connectivity index (χ3n) is 4.10. The predicted octanol–water partition coefficient (Wildman–Crippen LogP) is 2.46. The number of carbonyl (C=O) groups excluding carboxylic acids is 1. The molecule has 0 saturated heterocycles. The Hall–Kier alpha value is -2.33. The van der Waals surface area contributed by atoms with E-state index in [0.717, 1.165) is 24.9 Å². The second-order valence-electron chi connectivity index (χ2n) is 5.74. The quantitative estimate of drug-likeness (QED) is 0.469. The molecule has 0 spiro atoms. The summed E-state index contributed by atoms with van der Waals surface area (Å²) in [6, 6.07) is 16.9. The molecule has 2 rings (SSSR count). The molecule has 23 heavy (non-hydrogen) atoms. The molecule has 4 heteroatoms. The molecule has 1 amide bonds. The van der Waals surface area contributed by atoms with Crippen LogP contribution in [-0.4, -0.2) is 19.5 Å². The molecule has 0 fully saturated rings. The van der Waals surface area contributed by atoms with E-state index >= 15 is 0 Å². The normalized spacial score (nSPS) is 10.4. The largest absolute Gasteiger partial charge is 0.375 e. The van der Waals surface area contributed by atoms with Gasteiger partial charge in [-0.1, -0.05) is 36.4 Å². The summed E-state index contributed by atoms with van der Waals surface area (Å²) in [6.45, 7) is 3.16. The van der Waals surface area contributed by atoms with E-state index in [9.17, 15) is 4.79 Å². The molecule has 0 aliphatic carbocycles. The number of nitrogens with two attached hydrogens (primary N) is 1. The number of carbonyl (C=O) groups is 1. The number of hydrazine groups is 1. The second-order valence-corrected chi connectivity index (χ2v) is 5.74. The van der Waals surface area contributed by atoms with Gasteiger partial charge >= 0.3 is 0 Å². The fourth-order valence-corrected chi connectivity index (χ4v) is 2.45. The molecule has 0 aliphatic rings. The minimum Gasteiger partial charge on any atom is -0.375 e. The lowest BCUT2D eigenvalue weighted by atomic mass is 10.0. The molecule has 0 atom stereocenters. The smallest absolute Gasteiger partial charge is 0.238 e. The molecule has 0 heterocycles. The van der Waals surface area contributed by atoms with Crippen molar-refractivity contribution in [2.24, 2.45) is 5.84 Å². The standard InChI is InChI=1S/C19H25N3O/c1-3-22(2)18-12-10-16(11-13-18)5-4-15-6-8-17(9-7-15)14-19(23)21-20/h6-13H,3-5,14,20H2,1-2H3,(H,21,23). The summed E-state index contributed by atoms with van der Waals surface area (Å²) in [6.07, 6.45) is 2.33. The number of hydrogen-bond acceptors (Lipinski definition) is 3. The number of anilines is 1. The van der Waals surface area contributed by atoms with Gasteiger partial charge in [-0.15, -0.1) is 0 Å². The zero-order valence-corrected chi connectivity index (χ0v) is 13.9. The summed E-state index contributed by atoms with van der Waals surface area (Å²) < 4.78 is 0. The first-order valence-corrected chi connectivity index (χ1v) is 7.99. The zero-order valence-electron chi connectivity index (χ0n) is 13.9. The van der Waals surface area contributed by atoms with E-state index in [0.29, 0.717) is 6.42 Å². The van der Waals surface area contributed by atoms with Gasteiger partial charge in [-0.05, 0) is 48.6 Å². The molecule has 0 radical (unpaired) electrons. The summed E-state index contributed by atoms with van der Waals surface area (Å²) in [7, 11) is 2.10. The van der Waals surface area contributed by atoms with Crippen LogP contribution in [0.2, 0.25) is 0 Å². The number of hydrogen-bond donors (Lipinski definition) is 2. The Bertz CT molecular complexity index is 620. The molecule has 122 valence electrons. The Kier molecular flexibility index (Phi) is 6.18. The Balaban J connectivity index is 1.89. The Morgan fingerprint density at radius 3 is 1.91 bits per heavy atom. The average Bonchev–Trinajstić information content (AvgIpc) is 2.60. The number of nitrogens with zero attached hydrogens (tertiary/aromatic N) is 1. The van der Waals surface area contributed by atoms with Gasteiger partial charge in [0.05, 0.1) is 6.42 Å². The van der Waals surface area contributed by atoms with E-state index in [4.69, 9.17) is 5.84 Å². The number of amides is 1. The summed E-state index contributed by atoms with van der Waals surface area (Å²) in [5.74, 6) is 4.93. The fourth-order valence-electron chi connectivity index (χ4n) is 2.45. The van der Waals surface area contributed by atoms with Crippen molar-refractivity contribution in [1.29, 1.82) is 0 Å². The number of rotatable bonds is 7. The minimum atomic E-state index is -0.171. The monoisotopic (exact) mass is 311 g/mol. The van der Waals surface area contributed by atoms with Crippen molar-refractivity contribution in [3.05, 3.63) is 65.2 Å². The molecule has 0 saturated carbocycles. The van der Waals surface area contributed by atoms with Crippen molar-refractivity contribution in [2.75, 3.05) is 18.5 Å². The van der Waals surface area contributed by atoms with E-state index in [1.54, 1.807) is 0 Å². The van der Waals surface area contributed by atoms with E-state index < -0.39 is 0 Å². The molecular weight excluding hydrogens is 286 g/mol. The van der Waals surface area contributed by atoms with Crippen LogP contribution in [0.25, 0.3) is 0 Å². The molecule has 3 N–H and O–H groups in total. The van der Waals surface area contributed by atoms with Crippen LogP contribution in [0.3, 0.4) is 0 Å². The van der Waals surface area contributed by atoms with Crippen LogP contribution in [0.5, 0.6) is 0 Å². The van der Waals surface area contributed by atoms with Crippen molar-refractivity contribution >= 4 is 11.6 Å². The van der Waals surface area contributed by atoms with Gasteiger partial charge in [-0.3, -0.25) is 10.2 Å². The lowest BCUT2D eigenvalue weighted by Gasteiger charge is -2.16. The van der Waals surface area contributed by atoms with Gasteiger partial charge in [0.25, 0.3) is 0 Å². The highest BCUT2D eigenvalue weighted by molar-refractivity contribution is 5.77. The van der Waals surface area contributed by atoms with Gasteiger partial charge in [0, 0.05) is 19.3 Å². The number of aryl methyl sites for hydroxylation is 2. The summed E-state index contributed by atoms with van der Waals surface area (Å²) in [5.41, 5.74) is 6.99. The summed E-state index contributed by atoms with van der Waals surface area (Å²) in [4.78, 5) is 13.5. The molecule has 4 nitrogen and oxygen atoms in total. The Labute approximate surface area is 138 Å². The van der Waals surface area contributed by atoms with Crippen molar-refractivity contribution in [1.82, 2.24) is 5.43 Å². The molecule has 2 aromatic carbocycles. The van der Waals surface area contributed by atoms with Gasteiger partial charge in [0.1, 0.15) is 0 Å². The molecular formula is C19H25N3O. The van der Waals surface area contributed by atoms with Crippen molar-refractivity contribution < 1.29 is 4.79 Å². The van der Waals surface area contributed by atoms with Crippen molar-refractivity contribution in [2.45, 2.75) is 26.2 Å². The maximum absolute atomic E-state index is 11.2. The summed E-state index contributed by atoms with van der Waals surface area (Å²) in [5, 5.41) is 0. The topological polar surface area (TPSA) is 58.4 Å². The van der Waals surface area contributed by atoms with Crippen LogP contribution in [0.4, 0.5) is 5.69 Å². The van der Waals surface area contributed by atoms with Gasteiger partial charge in [-0.25, -0.2) is 5.84 Å². The highest BCUT2D eigenvalue weighted by Gasteiger charge is 2.02. The third-order valence-corrected chi connectivity index (χ3v) is 4.10. The van der Waals surface area contributed by atoms with Crippen LogP contribution >= 0.6 is 0 Å². The van der Waals surface area contributed by atoms with Crippen molar-refractivity contribution in [3.63, 3.8) is 0 Å². The average molecular weight is 311 g/mol. The van der Waals surface area contributed by atoms with Crippen LogP contribution in [0, 0.1) is 0 Å². The highest BCUT2D eigenvalue weighted by Crippen LogP contribution is 2.15. The highest BCUT2D eigenvalue weighted by atomic mass is 16.2. The predicted molar refractivity (Wildman–Crippen MR) is 95.3 cm³/mol. The van der Waals surface area contributed by atoms with E-state index in [-0.39, 0.29) is 5.91 Å². The van der Waals surface area contributed by atoms with Crippen LogP contribution in [0.15, 0.2) is 48.5 Å². The summed E-state index contributed by atoms with van der Waals surface area (Å²) >= 11 is 0. The lowest BCUT2D eigenvalue weighted by molar-refractivity contribution is -0.120. The molecule has 0 aliphatic heterocycles. The molecule has 0 unspecified atom stereocenters. The second kappa shape index (κ2) is 8.34. The number of benzene rings is 2. The Morgan fingerprint density at radius 1 is 0.957 bits per heavy atom. The van der Waals surface area contributed by atoms with Gasteiger partial charge < -0.3 is 4.90 Å². The maximum atomic E-state index is 11.2. The third kappa shape index (κ3) is 5.11. The number of nitrogens with one attached hydrogen (secondary N) is 1. The van der Waals surface area contributed by atoms with Gasteiger partial charge in [0.15, 0.2) is 0 Å². The SMILES string of the molecule is CCN(C)c1ccc(CCc2ccc(CC(=O)NN)cc2)cc1. The maximum Gasteiger partial charge on any atom is 0.238 e. The van der Waals surface area contributed by atoms with Crippen molar-refractivity contribution in [3.8, 4) is 0 Å². The minimum absolute atomic E-state index is 0.171. The van der Waals surface area contributed by atoms with Crippen LogP contribution in [0.1, 0.15) is 23.6 Å². The first kappa shape index (κ1) is 17.0. The zero-order chi connectivity index (χ0) is 16.7. The Morgan fingerprint density at radius 2 is 1.43 bits per heavy atom. The van der Waals surface area contributed by atoms with Gasteiger partial charge in [-0.2, -0.15) is 0 Å². The van der Waals surface area contributed by atoms with E-state index in [2.05, 4.69) is 60.7 Å². The first-order valence-electron chi connectivity index (χ1n) is 7.99. The van der Waals surface area contributed by atoms with Crippen LogP contribution in [-0.2, 0) is 24.1 Å². The fraction of sp³-hybridized carbons (Fsp3) is 0.316. The van der Waals surface area contributed by atoms with Gasteiger partial charge in [0.2, 0.25) is 5.91 Å². The van der Waals surface area contributed by atoms with E-state index in [1.165, 1.54) is 16.8 Å². The molecule has 0 bridgehead atoms. The molecule has 2 aromatic rings. The van der Waals surface area contributed by atoms with Crippen LogP contribution < -0.4 is 16.2 Å². The lowest BCUT2D eigenvalue weighted by Crippen LogP contribution is -2.31.